The number of rotatable bonds is 5. The Balaban J connectivity index is 1.82. The van der Waals surface area contributed by atoms with Crippen LogP contribution < -0.4 is 0 Å². The van der Waals surface area contributed by atoms with Crippen molar-refractivity contribution >= 4 is 28.0 Å². The lowest BCUT2D eigenvalue weighted by Gasteiger charge is -2.23. The number of nitrogens with one attached hydrogen (secondary N) is 1. The summed E-state index contributed by atoms with van der Waals surface area (Å²) in [6, 6.07) is 7.16. The van der Waals surface area contributed by atoms with Crippen molar-refractivity contribution in [2.24, 2.45) is 0 Å². The lowest BCUT2D eigenvalue weighted by molar-refractivity contribution is -0.161. The third kappa shape index (κ3) is 3.23. The van der Waals surface area contributed by atoms with Crippen LogP contribution in [-0.2, 0) is 9.53 Å². The molecule has 2 atom stereocenters. The minimum Gasteiger partial charge on any atom is -0.479 e. The monoisotopic (exact) mass is 450 g/mol. The quantitative estimate of drug-likeness (QED) is 0.435. The van der Waals surface area contributed by atoms with Crippen molar-refractivity contribution < 1.29 is 19.0 Å². The number of halogens is 1. The average Bonchev–Trinajstić information content (AvgIpc) is 3.49. The van der Waals surface area contributed by atoms with Crippen LogP contribution in [0.3, 0.4) is 0 Å². The molecule has 0 spiro atoms. The molecular formula is C25H27FN4O3. The first-order valence-electron chi connectivity index (χ1n) is 11.2. The van der Waals surface area contributed by atoms with Crippen LogP contribution in [0, 0.1) is 12.7 Å². The molecule has 0 bridgehead atoms. The van der Waals surface area contributed by atoms with Gasteiger partial charge in [0.2, 0.25) is 0 Å². The maximum absolute atomic E-state index is 14.1. The maximum atomic E-state index is 14.1. The zero-order valence-corrected chi connectivity index (χ0v) is 19.1. The Morgan fingerprint density at radius 3 is 2.79 bits per heavy atom. The van der Waals surface area contributed by atoms with Gasteiger partial charge < -0.3 is 14.4 Å². The molecular weight excluding hydrogens is 423 g/mol. The summed E-state index contributed by atoms with van der Waals surface area (Å²) in [6.45, 7) is 5.99. The van der Waals surface area contributed by atoms with E-state index in [0.717, 1.165) is 33.4 Å². The van der Waals surface area contributed by atoms with Crippen LogP contribution in [0.25, 0.3) is 27.8 Å². The normalized spacial score (nSPS) is 21.0. The van der Waals surface area contributed by atoms with Gasteiger partial charge in [-0.2, -0.15) is 5.10 Å². The Bertz CT molecular complexity index is 1390. The molecule has 0 radical (unpaired) electrons. The fraction of sp³-hybridized carbons (Fsp3) is 0.400. The maximum Gasteiger partial charge on any atom is 0.335 e. The Kier molecular flexibility index (Phi) is 5.01. The van der Waals surface area contributed by atoms with Gasteiger partial charge >= 0.3 is 5.97 Å². The number of H-pyrrole nitrogens is 1. The molecule has 1 saturated carbocycles. The van der Waals surface area contributed by atoms with E-state index in [1.54, 1.807) is 19.2 Å². The van der Waals surface area contributed by atoms with Gasteiger partial charge in [0.05, 0.1) is 17.2 Å². The molecule has 7 nitrogen and oxygen atoms in total. The minimum absolute atomic E-state index is 0.0309. The van der Waals surface area contributed by atoms with Gasteiger partial charge in [-0.25, -0.2) is 14.2 Å². The fourth-order valence-electron chi connectivity index (χ4n) is 5.35. The lowest BCUT2D eigenvalue weighted by atomic mass is 9.90. The number of aromatic amines is 1. The van der Waals surface area contributed by atoms with Crippen LogP contribution in [0.1, 0.15) is 61.8 Å². The number of fused-ring (bicyclic) bond motifs is 2. The molecule has 3 heterocycles. The average molecular weight is 451 g/mol. The number of aromatic nitrogens is 4. The topological polar surface area (TPSA) is 93.0 Å². The van der Waals surface area contributed by atoms with Gasteiger partial charge in [-0.3, -0.25) is 5.10 Å². The van der Waals surface area contributed by atoms with E-state index in [2.05, 4.69) is 28.6 Å². The summed E-state index contributed by atoms with van der Waals surface area (Å²) in [7, 11) is 1.47. The molecule has 1 aliphatic carbocycles. The number of carboxylic acids is 1. The van der Waals surface area contributed by atoms with Gasteiger partial charge in [0, 0.05) is 29.4 Å². The van der Waals surface area contributed by atoms with Gasteiger partial charge in [-0.15, -0.1) is 0 Å². The Morgan fingerprint density at radius 2 is 2.15 bits per heavy atom. The summed E-state index contributed by atoms with van der Waals surface area (Å²) in [5.41, 5.74) is 4.72. The largest absolute Gasteiger partial charge is 0.479 e. The highest BCUT2D eigenvalue weighted by Gasteiger charge is 2.48. The van der Waals surface area contributed by atoms with Gasteiger partial charge in [0.25, 0.3) is 0 Å². The van der Waals surface area contributed by atoms with E-state index in [9.17, 15) is 14.3 Å². The predicted molar refractivity (Wildman–Crippen MR) is 123 cm³/mol. The third-order valence-corrected chi connectivity index (χ3v) is 7.03. The molecule has 0 amide bonds. The number of benzene rings is 1. The molecule has 3 aromatic heterocycles. The number of ether oxygens (including phenoxy) is 1. The molecule has 5 rings (SSSR count). The van der Waals surface area contributed by atoms with E-state index in [1.807, 2.05) is 12.1 Å². The number of carbonyl (C=O) groups is 1. The van der Waals surface area contributed by atoms with E-state index >= 15 is 0 Å². The van der Waals surface area contributed by atoms with Crippen LogP contribution >= 0.6 is 0 Å². The number of aliphatic carboxylic acids is 1. The highest BCUT2D eigenvalue weighted by molar-refractivity contribution is 5.94. The first-order valence-corrected chi connectivity index (χ1v) is 11.2. The molecule has 1 fully saturated rings. The van der Waals surface area contributed by atoms with E-state index in [1.165, 1.54) is 13.2 Å². The Morgan fingerprint density at radius 1 is 1.36 bits per heavy atom. The van der Waals surface area contributed by atoms with Gasteiger partial charge in [-0.1, -0.05) is 13.8 Å². The van der Waals surface area contributed by atoms with Crippen LogP contribution in [0.2, 0.25) is 0 Å². The van der Waals surface area contributed by atoms with Crippen molar-refractivity contribution in [2.75, 3.05) is 7.11 Å². The summed E-state index contributed by atoms with van der Waals surface area (Å²) in [6.07, 6.45) is 3.24. The smallest absolute Gasteiger partial charge is 0.335 e. The molecule has 1 aliphatic rings. The highest BCUT2D eigenvalue weighted by Crippen LogP contribution is 2.48. The molecule has 2 N–H and O–H groups in total. The van der Waals surface area contributed by atoms with E-state index < -0.39 is 11.6 Å². The molecule has 1 aromatic carbocycles. The molecule has 8 heteroatoms. The number of hydrogen-bond donors (Lipinski definition) is 2. The lowest BCUT2D eigenvalue weighted by Crippen LogP contribution is -2.37. The van der Waals surface area contributed by atoms with E-state index in [4.69, 9.17) is 9.72 Å². The van der Waals surface area contributed by atoms with E-state index in [0.29, 0.717) is 30.5 Å². The molecule has 172 valence electrons. The van der Waals surface area contributed by atoms with Crippen molar-refractivity contribution in [1.82, 2.24) is 19.7 Å². The van der Waals surface area contributed by atoms with Crippen LogP contribution in [0.15, 0.2) is 30.5 Å². The van der Waals surface area contributed by atoms with Crippen molar-refractivity contribution in [1.29, 1.82) is 0 Å². The zero-order valence-electron chi connectivity index (χ0n) is 19.1. The second kappa shape index (κ2) is 7.66. The van der Waals surface area contributed by atoms with E-state index in [-0.39, 0.29) is 17.7 Å². The predicted octanol–water partition coefficient (Wildman–Crippen LogP) is 5.21. The molecule has 4 aromatic rings. The Labute approximate surface area is 190 Å². The number of carboxylic acid groups (broad SMARTS) is 1. The van der Waals surface area contributed by atoms with Crippen molar-refractivity contribution in [3.05, 3.63) is 53.1 Å². The number of pyridine rings is 1. The molecule has 0 aliphatic heterocycles. The van der Waals surface area contributed by atoms with Crippen molar-refractivity contribution in [3.8, 4) is 5.69 Å². The van der Waals surface area contributed by atoms with Crippen LogP contribution in [0.5, 0.6) is 0 Å². The van der Waals surface area contributed by atoms with Crippen LogP contribution in [0.4, 0.5) is 4.39 Å². The SMILES string of the molecule is CO[C@@]1(C(=O)O)CCC(c2c(C(C)C)n(-c3ccc(F)c(C)c3)c3cc4cn[nH]c4nc23)C1. The van der Waals surface area contributed by atoms with Gasteiger partial charge in [0.1, 0.15) is 5.82 Å². The first kappa shape index (κ1) is 21.6. The van der Waals surface area contributed by atoms with Crippen molar-refractivity contribution in [2.45, 2.75) is 57.5 Å². The molecule has 1 unspecified atom stereocenters. The summed E-state index contributed by atoms with van der Waals surface area (Å²) < 4.78 is 21.8. The third-order valence-electron chi connectivity index (χ3n) is 7.03. The van der Waals surface area contributed by atoms with Gasteiger partial charge in [0.15, 0.2) is 11.2 Å². The minimum atomic E-state index is -1.20. The standard InChI is InChI=1S/C25H27FN4O3/c1-13(2)22-20(15-7-8-25(11-15,33-4)24(31)32)21-19(10-16-12-27-29-23(16)28-21)30(22)17-5-6-18(26)14(3)9-17/h5-6,9-10,12-13,15H,7-8,11H2,1-4H3,(H,31,32)(H,27,28,29)/t15?,25-/m0/s1. The van der Waals surface area contributed by atoms with Crippen molar-refractivity contribution in [3.63, 3.8) is 0 Å². The summed E-state index contributed by atoms with van der Waals surface area (Å²) in [5, 5.41) is 17.8. The first-order chi connectivity index (χ1) is 15.8. The fourth-order valence-corrected chi connectivity index (χ4v) is 5.35. The summed E-state index contributed by atoms with van der Waals surface area (Å²) in [4.78, 5) is 17.0. The number of aryl methyl sites for hydroxylation is 1. The summed E-state index contributed by atoms with van der Waals surface area (Å²) in [5.74, 6) is -1.09. The number of methoxy groups -OCH3 is 1. The number of nitrogens with zero attached hydrogens (tertiary/aromatic N) is 3. The molecule has 33 heavy (non-hydrogen) atoms. The second-order valence-electron chi connectivity index (χ2n) is 9.33. The van der Waals surface area contributed by atoms with Crippen LogP contribution in [-0.4, -0.2) is 43.5 Å². The zero-order chi connectivity index (χ0) is 23.5. The Hall–Kier alpha value is -3.26. The highest BCUT2D eigenvalue weighted by atomic mass is 19.1. The van der Waals surface area contributed by atoms with Gasteiger partial charge in [-0.05, 0) is 67.9 Å². The second-order valence-corrected chi connectivity index (χ2v) is 9.33. The summed E-state index contributed by atoms with van der Waals surface area (Å²) >= 11 is 0. The molecule has 0 saturated heterocycles. The number of hydrogen-bond acceptors (Lipinski definition) is 4.